The minimum absolute atomic E-state index is 0.352. The van der Waals surface area contributed by atoms with E-state index in [4.69, 9.17) is 0 Å². The Balaban J connectivity index is 0. The summed E-state index contributed by atoms with van der Waals surface area (Å²) in [5, 5.41) is 3.10. The first kappa shape index (κ1) is 127. The number of carbonyl (C=O) groups excluding carboxylic acids is 2. The second-order valence-corrected chi connectivity index (χ2v) is 47.0. The van der Waals surface area contributed by atoms with Crippen LogP contribution in [0.1, 0.15) is 386 Å². The van der Waals surface area contributed by atoms with Crippen molar-refractivity contribution in [3.63, 3.8) is 0 Å². The van der Waals surface area contributed by atoms with Gasteiger partial charge in [0.15, 0.2) is 0 Å². The number of ketones is 2. The van der Waals surface area contributed by atoms with E-state index < -0.39 is 0 Å². The molecule has 1 N–H and O–H groups in total. The van der Waals surface area contributed by atoms with Crippen LogP contribution in [0.25, 0.3) is 0 Å². The largest absolute Gasteiger partial charge is 0.320 e. The third kappa shape index (κ3) is 76.1. The summed E-state index contributed by atoms with van der Waals surface area (Å²) >= 11 is 0. The molecule has 14 heteroatoms. The number of nitrogens with zero attached hydrogens (tertiary/aromatic N) is 11. The lowest BCUT2D eigenvalue weighted by molar-refractivity contribution is -0.122. The molecule has 9 aliphatic rings. The van der Waals surface area contributed by atoms with Crippen molar-refractivity contribution in [2.45, 2.75) is 393 Å². The molecule has 14 nitrogen and oxygen atoms in total. The third-order valence-electron chi connectivity index (χ3n) is 28.6. The van der Waals surface area contributed by atoms with E-state index in [2.05, 4.69) is 274 Å². The molecule has 0 atom stereocenters. The predicted octanol–water partition coefficient (Wildman–Crippen LogP) is 25.3. The molecule has 1 spiro atoms. The Morgan fingerprint density at radius 3 is 0.921 bits per heavy atom. The van der Waals surface area contributed by atoms with E-state index in [1.165, 1.54) is 317 Å². The predicted molar refractivity (Wildman–Crippen MR) is 565 cm³/mol. The zero-order valence-electron chi connectivity index (χ0n) is 92.6. The molecule has 0 aromatic heterocycles. The number of likely N-dealkylation sites (N-methyl/N-ethyl adjacent to an activating group) is 1. The Morgan fingerprint density at radius 2 is 0.643 bits per heavy atom. The Hall–Kier alpha value is -1.14. The van der Waals surface area contributed by atoms with Crippen molar-refractivity contribution < 1.29 is 9.59 Å². The first-order valence-electron chi connectivity index (χ1n) is 54.9. The molecule has 756 valence electrons. The van der Waals surface area contributed by atoms with Gasteiger partial charge in [-0.05, 0) is 430 Å². The van der Waals surface area contributed by atoms with Crippen LogP contribution >= 0.6 is 0 Å². The molecule has 126 heavy (non-hydrogen) atoms. The maximum Gasteiger partial charge on any atom is 0.133 e. The van der Waals surface area contributed by atoms with E-state index in [1.54, 1.807) is 13.8 Å². The van der Waals surface area contributed by atoms with Gasteiger partial charge in [-0.3, -0.25) is 9.59 Å². The van der Waals surface area contributed by atoms with Crippen molar-refractivity contribution in [2.24, 2.45) is 100 Å². The minimum atomic E-state index is 0.352. The van der Waals surface area contributed by atoms with Gasteiger partial charge in [-0.1, -0.05) is 231 Å². The van der Waals surface area contributed by atoms with Crippen LogP contribution in [0.15, 0.2) is 0 Å². The molecule has 2 saturated carbocycles. The summed E-state index contributed by atoms with van der Waals surface area (Å²) in [6.07, 6.45) is 41.0. The Morgan fingerprint density at radius 1 is 0.341 bits per heavy atom. The van der Waals surface area contributed by atoms with E-state index in [1.807, 2.05) is 7.05 Å². The standard InChI is InChI=1S/C12H26N2.2C12H23NO.C12H24.C11H21N.C11H23N.C10H22N2.C10H21N.C9H21N.C7H17N.C6H15N/c1-11(2)5-8-14-9-6-12(7-10-14)13(3)4;2*1-10(2)4-7-13-8-5-12(6-9-13)11(3)14;1-10(2)4-7-12-8-5-11(3)6-9-12;1-10(2)4-7-12-8-11(9-12)5-3-6-11;1-10(2)4-7-12-8-5-11(3)6-9-12;1-10(2)4-5-12-8-6-11(3)7-9-12;1-10(2)6-9-11-7-4-3-5-8-11;1-5-10(6-2)8-7-9(3)4;1-7(2)5-6-8(3)4;1-6(2)4-5-7-3/h11-12H,5-10H2,1-4H3;2*10,12H,4-9H2,1-3H3;10-12H,4-9H2,1-3H3;10H,3-9H2,1-2H3;10-11H,4-9H2,1-3H3;10H,4-9H2,1-3H3;10H,3-9H2,1-2H3;9H,5-8H2,1-4H3;7H,5-6H2,1-4H3;6-7H,4-5H2,1-3H3. The van der Waals surface area contributed by atoms with Gasteiger partial charge < -0.3 is 59.2 Å². The molecule has 0 aromatic carbocycles. The van der Waals surface area contributed by atoms with Crippen LogP contribution < -0.4 is 5.32 Å². The molecule has 9 rings (SSSR count). The number of Topliss-reactive ketones (excluding diaryl/α,β-unsaturated/α-hetero) is 2. The highest BCUT2D eigenvalue weighted by Crippen LogP contribution is 2.48. The van der Waals surface area contributed by atoms with Gasteiger partial charge in [0.05, 0.1) is 0 Å². The number of piperidine rings is 5. The van der Waals surface area contributed by atoms with Crippen molar-refractivity contribution in [3.8, 4) is 0 Å². The first-order chi connectivity index (χ1) is 59.4. The summed E-state index contributed by atoms with van der Waals surface area (Å²) in [5.74, 6) is 13.9. The molecule has 0 radical (unpaired) electrons. The maximum absolute atomic E-state index is 11.2. The third-order valence-corrected chi connectivity index (χ3v) is 28.6. The number of hydrogen-bond donors (Lipinski definition) is 1. The highest BCUT2D eigenvalue weighted by atomic mass is 16.1. The second kappa shape index (κ2) is 79.0. The lowest BCUT2D eigenvalue weighted by Crippen LogP contribution is -2.59. The van der Waals surface area contributed by atoms with Crippen molar-refractivity contribution in [3.05, 3.63) is 0 Å². The fourth-order valence-corrected chi connectivity index (χ4v) is 17.6. The minimum Gasteiger partial charge on any atom is -0.320 e. The number of nitrogens with one attached hydrogen (secondary N) is 1. The van der Waals surface area contributed by atoms with Gasteiger partial charge in [-0.2, -0.15) is 0 Å². The Kier molecular flexibility index (Phi) is 79.5. The number of hydrogen-bond acceptors (Lipinski definition) is 14. The van der Waals surface area contributed by atoms with E-state index >= 15 is 0 Å². The molecule has 0 aromatic rings. The van der Waals surface area contributed by atoms with Crippen LogP contribution in [-0.4, -0.2) is 297 Å². The van der Waals surface area contributed by atoms with Crippen LogP contribution in [0.3, 0.4) is 0 Å². The van der Waals surface area contributed by atoms with E-state index in [0.29, 0.717) is 23.4 Å². The van der Waals surface area contributed by atoms with Crippen LogP contribution in [0.4, 0.5) is 0 Å². The lowest BCUT2D eigenvalue weighted by Gasteiger charge is -2.56. The zero-order chi connectivity index (χ0) is 95.5. The molecule has 7 saturated heterocycles. The Labute approximate surface area is 793 Å². The highest BCUT2D eigenvalue weighted by Gasteiger charge is 2.46. The van der Waals surface area contributed by atoms with Crippen LogP contribution in [0.5, 0.6) is 0 Å². The van der Waals surface area contributed by atoms with Gasteiger partial charge in [0.1, 0.15) is 11.6 Å². The maximum atomic E-state index is 11.2. The van der Waals surface area contributed by atoms with E-state index in [-0.39, 0.29) is 0 Å². The molecule has 0 unspecified atom stereocenters. The van der Waals surface area contributed by atoms with Crippen molar-refractivity contribution in [1.82, 2.24) is 59.2 Å². The topological polar surface area (TPSA) is 81.8 Å². The normalized spacial score (nSPS) is 20.6. The summed E-state index contributed by atoms with van der Waals surface area (Å²) in [6, 6.07) is 0.824. The number of carbonyl (C=O) groups is 2. The van der Waals surface area contributed by atoms with Crippen LogP contribution in [0, 0.1) is 100 Å². The number of likely N-dealkylation sites (tertiary alicyclic amines) is 6. The van der Waals surface area contributed by atoms with Gasteiger partial charge in [-0.25, -0.2) is 0 Å². The lowest BCUT2D eigenvalue weighted by atomic mass is 9.63. The summed E-state index contributed by atoms with van der Waals surface area (Å²) in [7, 11) is 12.8. The van der Waals surface area contributed by atoms with Crippen molar-refractivity contribution in [1.29, 1.82) is 0 Å². The van der Waals surface area contributed by atoms with Gasteiger partial charge in [0, 0.05) is 57.1 Å². The quantitative estimate of drug-likeness (QED) is 0.0637. The molecule has 0 amide bonds. The van der Waals surface area contributed by atoms with Crippen molar-refractivity contribution >= 4 is 11.6 Å². The van der Waals surface area contributed by atoms with E-state index in [0.717, 1.165) is 153 Å². The van der Waals surface area contributed by atoms with Gasteiger partial charge in [0.25, 0.3) is 0 Å². The molecular formula is C112H236N12O2. The van der Waals surface area contributed by atoms with Gasteiger partial charge >= 0.3 is 0 Å². The zero-order valence-corrected chi connectivity index (χ0v) is 92.6. The summed E-state index contributed by atoms with van der Waals surface area (Å²) in [6.45, 7) is 98.5. The molecule has 7 aliphatic heterocycles. The average molecular weight is 1780 g/mol. The molecule has 9 fully saturated rings. The molecule has 0 bridgehead atoms. The smallest absolute Gasteiger partial charge is 0.133 e. The average Bonchev–Trinajstić information content (AvgIpc) is 0.763. The molecular weight excluding hydrogens is 1550 g/mol. The molecule has 2 aliphatic carbocycles. The van der Waals surface area contributed by atoms with E-state index in [9.17, 15) is 9.59 Å². The summed E-state index contributed by atoms with van der Waals surface area (Å²) < 4.78 is 0. The SMILES string of the molecule is CC(=O)C1CCN(CCC(C)C)CC1.CC(=O)C1CCN(CCC(C)C)CC1.CC(C)CCC1CCC(C)CC1.CC(C)CCN(C)C.CC(C)CCN1CC2(CCC2)C1.CC(C)CCN1CCC(C)CC1.CC(C)CCN1CCC(N(C)C)CC1.CC(C)CCN1CCCCC1.CC(C)CCN1CCN(C)CC1.CCN(CC)CCC(C)C.CNCCC(C)C. The van der Waals surface area contributed by atoms with Crippen LogP contribution in [-0.2, 0) is 9.59 Å². The summed E-state index contributed by atoms with van der Waals surface area (Å²) in [5.41, 5.74) is 0.830. The summed E-state index contributed by atoms with van der Waals surface area (Å²) in [4.78, 5) is 49.9. The van der Waals surface area contributed by atoms with Gasteiger partial charge in [0.2, 0.25) is 0 Å². The van der Waals surface area contributed by atoms with Crippen molar-refractivity contribution in [2.75, 3.05) is 226 Å². The van der Waals surface area contributed by atoms with Gasteiger partial charge in [-0.15, -0.1) is 0 Å². The monoisotopic (exact) mass is 1780 g/mol. The fraction of sp³-hybridized carbons (Fsp3) is 0.982. The number of rotatable bonds is 38. The highest BCUT2D eigenvalue weighted by molar-refractivity contribution is 5.78. The first-order valence-corrected chi connectivity index (χ1v) is 54.9. The Bertz CT molecular complexity index is 2200. The second-order valence-electron chi connectivity index (χ2n) is 47.0. The van der Waals surface area contributed by atoms with Crippen LogP contribution in [0.2, 0.25) is 0 Å². The fourth-order valence-electron chi connectivity index (χ4n) is 17.6. The number of piperazine rings is 1. The molecule has 7 heterocycles.